The molecule has 0 unspecified atom stereocenters. The molecule has 9 heteroatoms. The molecule has 0 bridgehead atoms. The minimum atomic E-state index is -3.87. The molecule has 0 spiro atoms. The Morgan fingerprint density at radius 1 is 1.15 bits per heavy atom. The molecule has 1 aromatic heterocycles. The van der Waals surface area contributed by atoms with Crippen molar-refractivity contribution in [2.24, 2.45) is 0 Å². The Labute approximate surface area is 139 Å². The number of halogens is 4. The van der Waals surface area contributed by atoms with Crippen molar-refractivity contribution in [3.63, 3.8) is 0 Å². The molecule has 0 radical (unpaired) electrons. The molecule has 2 rings (SSSR count). The molecule has 20 heavy (non-hydrogen) atoms. The maximum Gasteiger partial charge on any atom is 0.263 e. The van der Waals surface area contributed by atoms with Gasteiger partial charge in [-0.2, -0.15) is 0 Å². The van der Waals surface area contributed by atoms with E-state index in [1.165, 1.54) is 18.2 Å². The second kappa shape index (κ2) is 6.07. The van der Waals surface area contributed by atoms with Gasteiger partial charge in [0.15, 0.2) is 0 Å². The van der Waals surface area contributed by atoms with E-state index in [1.807, 2.05) is 0 Å². The number of anilines is 1. The molecule has 106 valence electrons. The fourth-order valence-electron chi connectivity index (χ4n) is 1.34. The molecule has 2 aromatic rings. The summed E-state index contributed by atoms with van der Waals surface area (Å²) in [5.41, 5.74) is 0.113. The summed E-state index contributed by atoms with van der Waals surface area (Å²) in [5.74, 6) is 0. The second-order valence-electron chi connectivity index (χ2n) is 3.65. The average Bonchev–Trinajstić information content (AvgIpc) is 2.37. The number of rotatable bonds is 3. The summed E-state index contributed by atoms with van der Waals surface area (Å²) >= 11 is 20.7. The molecule has 0 saturated heterocycles. The predicted molar refractivity (Wildman–Crippen MR) is 84.2 cm³/mol. The molecule has 0 saturated carbocycles. The van der Waals surface area contributed by atoms with Crippen molar-refractivity contribution in [1.82, 2.24) is 4.98 Å². The third-order valence-corrected chi connectivity index (χ3v) is 5.36. The Morgan fingerprint density at radius 2 is 1.75 bits per heavy atom. The van der Waals surface area contributed by atoms with E-state index >= 15 is 0 Å². The number of hydrogen-bond donors (Lipinski definition) is 1. The molecule has 1 aromatic carbocycles. The van der Waals surface area contributed by atoms with Crippen molar-refractivity contribution >= 4 is 66.4 Å². The predicted octanol–water partition coefficient (Wildman–Crippen LogP) is 4.61. The van der Waals surface area contributed by atoms with Gasteiger partial charge in [0, 0.05) is 6.20 Å². The van der Waals surface area contributed by atoms with Crippen LogP contribution in [0.2, 0.25) is 15.2 Å². The zero-order valence-corrected chi connectivity index (χ0v) is 14.2. The first-order chi connectivity index (χ1) is 9.31. The minimum Gasteiger partial charge on any atom is -0.277 e. The van der Waals surface area contributed by atoms with Crippen LogP contribution in [0.15, 0.2) is 39.8 Å². The van der Waals surface area contributed by atoms with E-state index in [-0.39, 0.29) is 25.8 Å². The van der Waals surface area contributed by atoms with E-state index in [0.29, 0.717) is 4.47 Å². The first-order valence-electron chi connectivity index (χ1n) is 5.09. The Kier molecular flexibility index (Phi) is 4.81. The number of nitrogens with one attached hydrogen (secondary N) is 1. The maximum absolute atomic E-state index is 12.2. The van der Waals surface area contributed by atoms with Crippen LogP contribution >= 0.6 is 50.7 Å². The summed E-state index contributed by atoms with van der Waals surface area (Å²) in [6.45, 7) is 0. The Balaban J connectivity index is 2.43. The fourth-order valence-corrected chi connectivity index (χ4v) is 3.62. The number of aromatic nitrogens is 1. The number of hydrogen-bond acceptors (Lipinski definition) is 3. The highest BCUT2D eigenvalue weighted by molar-refractivity contribution is 9.10. The van der Waals surface area contributed by atoms with Gasteiger partial charge in [0.05, 0.1) is 20.2 Å². The summed E-state index contributed by atoms with van der Waals surface area (Å²) in [7, 11) is -3.87. The zero-order chi connectivity index (χ0) is 14.9. The van der Waals surface area contributed by atoms with Crippen LogP contribution in [0.5, 0.6) is 0 Å². The van der Waals surface area contributed by atoms with E-state index in [4.69, 9.17) is 34.8 Å². The van der Waals surface area contributed by atoms with Crippen LogP contribution in [0, 0.1) is 0 Å². The number of nitrogens with zero attached hydrogens (tertiary/aromatic N) is 1. The van der Waals surface area contributed by atoms with Crippen LogP contribution in [0.4, 0.5) is 5.69 Å². The lowest BCUT2D eigenvalue weighted by molar-refractivity contribution is 0.600. The van der Waals surface area contributed by atoms with Crippen molar-refractivity contribution in [2.45, 2.75) is 4.90 Å². The van der Waals surface area contributed by atoms with E-state index in [1.54, 1.807) is 6.07 Å². The third-order valence-electron chi connectivity index (χ3n) is 2.28. The SMILES string of the molecule is O=S(=O)(Nc1c(Cl)cccc1Cl)c1cnc(Cl)c(Br)c1. The lowest BCUT2D eigenvalue weighted by atomic mass is 10.3. The summed E-state index contributed by atoms with van der Waals surface area (Å²) in [6.07, 6.45) is 1.14. The van der Waals surface area contributed by atoms with Crippen LogP contribution in [0.3, 0.4) is 0 Å². The Bertz CT molecular complexity index is 748. The normalized spacial score (nSPS) is 11.4. The van der Waals surface area contributed by atoms with Crippen molar-refractivity contribution in [3.05, 3.63) is 50.1 Å². The van der Waals surface area contributed by atoms with E-state index in [2.05, 4.69) is 25.6 Å². The van der Waals surface area contributed by atoms with Gasteiger partial charge in [-0.05, 0) is 34.1 Å². The van der Waals surface area contributed by atoms with Crippen LogP contribution in [-0.2, 0) is 10.0 Å². The Morgan fingerprint density at radius 3 is 2.30 bits per heavy atom. The first-order valence-corrected chi connectivity index (χ1v) is 8.50. The molecule has 0 aliphatic rings. The highest BCUT2D eigenvalue weighted by Crippen LogP contribution is 2.32. The number of para-hydroxylation sites is 1. The van der Waals surface area contributed by atoms with Crippen molar-refractivity contribution in [2.75, 3.05) is 4.72 Å². The molecule has 0 aliphatic heterocycles. The number of benzene rings is 1. The average molecular weight is 417 g/mol. The van der Waals surface area contributed by atoms with Crippen LogP contribution in [0.1, 0.15) is 0 Å². The lowest BCUT2D eigenvalue weighted by Gasteiger charge is -2.11. The minimum absolute atomic E-state index is 0.0650. The van der Waals surface area contributed by atoms with Gasteiger partial charge in [-0.15, -0.1) is 0 Å². The summed E-state index contributed by atoms with van der Waals surface area (Å²) in [4.78, 5) is 3.70. The molecule has 1 heterocycles. The molecular weight excluding hydrogens is 410 g/mol. The molecular formula is C11H6BrCl3N2O2S. The Hall–Kier alpha value is -0.530. The standard InChI is InChI=1S/C11H6BrCl3N2O2S/c12-7-4-6(5-16-11(7)15)20(18,19)17-10-8(13)2-1-3-9(10)14/h1-5,17H. The highest BCUT2D eigenvalue weighted by atomic mass is 79.9. The van der Waals surface area contributed by atoms with Crippen LogP contribution < -0.4 is 4.72 Å². The molecule has 4 nitrogen and oxygen atoms in total. The van der Waals surface area contributed by atoms with Gasteiger partial charge in [-0.1, -0.05) is 40.9 Å². The quantitative estimate of drug-likeness (QED) is 0.744. The molecule has 1 N–H and O–H groups in total. The lowest BCUT2D eigenvalue weighted by Crippen LogP contribution is -2.14. The largest absolute Gasteiger partial charge is 0.277 e. The molecule has 0 fully saturated rings. The molecule has 0 atom stereocenters. The van der Waals surface area contributed by atoms with Gasteiger partial charge in [0.1, 0.15) is 10.0 Å². The van der Waals surface area contributed by atoms with Crippen LogP contribution in [-0.4, -0.2) is 13.4 Å². The fraction of sp³-hybridized carbons (Fsp3) is 0. The number of pyridine rings is 1. The van der Waals surface area contributed by atoms with Crippen molar-refractivity contribution in [3.8, 4) is 0 Å². The van der Waals surface area contributed by atoms with Crippen LogP contribution in [0.25, 0.3) is 0 Å². The van der Waals surface area contributed by atoms with Gasteiger partial charge in [0.2, 0.25) is 0 Å². The molecule has 0 aliphatic carbocycles. The maximum atomic E-state index is 12.2. The van der Waals surface area contributed by atoms with E-state index < -0.39 is 10.0 Å². The van der Waals surface area contributed by atoms with Gasteiger partial charge < -0.3 is 0 Å². The molecule has 0 amide bonds. The smallest absolute Gasteiger partial charge is 0.263 e. The summed E-state index contributed by atoms with van der Waals surface area (Å²) < 4.78 is 27.2. The van der Waals surface area contributed by atoms with E-state index in [0.717, 1.165) is 6.20 Å². The van der Waals surface area contributed by atoms with Gasteiger partial charge >= 0.3 is 0 Å². The first kappa shape index (κ1) is 15.9. The summed E-state index contributed by atoms with van der Waals surface area (Å²) in [5, 5.41) is 0.559. The monoisotopic (exact) mass is 414 g/mol. The van der Waals surface area contributed by atoms with E-state index in [9.17, 15) is 8.42 Å². The topological polar surface area (TPSA) is 59.1 Å². The van der Waals surface area contributed by atoms with Gasteiger partial charge in [-0.3, -0.25) is 4.72 Å². The second-order valence-corrected chi connectivity index (χ2v) is 7.35. The highest BCUT2D eigenvalue weighted by Gasteiger charge is 2.19. The van der Waals surface area contributed by atoms with Crippen molar-refractivity contribution < 1.29 is 8.42 Å². The number of sulfonamides is 1. The third kappa shape index (κ3) is 3.38. The zero-order valence-electron chi connectivity index (χ0n) is 9.57. The summed E-state index contributed by atoms with van der Waals surface area (Å²) in [6, 6.07) is 6.01. The van der Waals surface area contributed by atoms with Gasteiger partial charge in [0.25, 0.3) is 10.0 Å². The van der Waals surface area contributed by atoms with Crippen molar-refractivity contribution in [1.29, 1.82) is 0 Å². The van der Waals surface area contributed by atoms with Gasteiger partial charge in [-0.25, -0.2) is 13.4 Å².